The summed E-state index contributed by atoms with van der Waals surface area (Å²) in [7, 11) is 0. The number of ether oxygens (including phenoxy) is 3. The molecule has 0 bridgehead atoms. The van der Waals surface area contributed by atoms with E-state index in [1.807, 2.05) is 0 Å². The highest BCUT2D eigenvalue weighted by Gasteiger charge is 2.53. The molecule has 2 heterocycles. The van der Waals surface area contributed by atoms with Crippen molar-refractivity contribution < 1.29 is 80.6 Å². The number of aliphatic hydroxyl groups excluding tert-OH is 13. The van der Waals surface area contributed by atoms with Crippen molar-refractivity contribution in [3.63, 3.8) is 0 Å². The van der Waals surface area contributed by atoms with Crippen molar-refractivity contribution in [2.45, 2.75) is 91.7 Å². The number of hydrogen-bond acceptors (Lipinski definition) is 16. The summed E-state index contributed by atoms with van der Waals surface area (Å²) in [5.74, 6) is 0. The summed E-state index contributed by atoms with van der Waals surface area (Å²) in [4.78, 5) is 0. The molecule has 2 rings (SSSR count). The Morgan fingerprint density at radius 1 is 0.618 bits per heavy atom. The Morgan fingerprint density at radius 2 is 1.21 bits per heavy atom. The summed E-state index contributed by atoms with van der Waals surface area (Å²) in [5, 5.41) is 128. The maximum absolute atomic E-state index is 10.5. The van der Waals surface area contributed by atoms with Crippen LogP contribution in [0.25, 0.3) is 0 Å². The van der Waals surface area contributed by atoms with Crippen molar-refractivity contribution in [3.8, 4) is 0 Å². The summed E-state index contributed by atoms with van der Waals surface area (Å²) < 4.78 is 15.8. The quantitative estimate of drug-likeness (QED) is 0.131. The first-order valence-corrected chi connectivity index (χ1v) is 10.5. The third-order valence-electron chi connectivity index (χ3n) is 6.01. The SMILES string of the molecule is OC[C@@H](O)[C@@H](O)[C@H](O)[C@@H](O)C(O)C1O[C@H](CO)[C@@H](O[C@@H]2O[C@H](CO)[C@H](O)[C@H](O)[C@H]2O)[C@H](O)[C@H]1O. The van der Waals surface area contributed by atoms with Crippen LogP contribution >= 0.6 is 0 Å². The monoisotopic (exact) mass is 506 g/mol. The maximum Gasteiger partial charge on any atom is 0.187 e. The maximum atomic E-state index is 10.5. The molecule has 2 aliphatic heterocycles. The van der Waals surface area contributed by atoms with Crippen molar-refractivity contribution >= 4 is 0 Å². The van der Waals surface area contributed by atoms with Gasteiger partial charge in [0.1, 0.15) is 85.5 Å². The summed E-state index contributed by atoms with van der Waals surface area (Å²) in [5.41, 5.74) is 0. The van der Waals surface area contributed by atoms with Crippen LogP contribution in [0.2, 0.25) is 0 Å². The minimum Gasteiger partial charge on any atom is -0.394 e. The topological polar surface area (TPSA) is 291 Å². The van der Waals surface area contributed by atoms with Crippen LogP contribution in [0.3, 0.4) is 0 Å². The summed E-state index contributed by atoms with van der Waals surface area (Å²) >= 11 is 0. The molecule has 34 heavy (non-hydrogen) atoms. The Hall–Kier alpha value is -0.640. The van der Waals surface area contributed by atoms with E-state index < -0.39 is 112 Å². The number of hydrogen-bond donors (Lipinski definition) is 13. The Kier molecular flexibility index (Phi) is 10.9. The molecule has 2 aliphatic rings. The molecule has 0 aliphatic carbocycles. The zero-order valence-corrected chi connectivity index (χ0v) is 17.8. The molecule has 202 valence electrons. The van der Waals surface area contributed by atoms with E-state index in [-0.39, 0.29) is 0 Å². The highest BCUT2D eigenvalue weighted by Crippen LogP contribution is 2.31. The fraction of sp³-hybridized carbons (Fsp3) is 1.00. The third kappa shape index (κ3) is 6.01. The van der Waals surface area contributed by atoms with E-state index in [2.05, 4.69) is 0 Å². The smallest absolute Gasteiger partial charge is 0.187 e. The number of aliphatic hydroxyl groups is 13. The zero-order chi connectivity index (χ0) is 25.9. The van der Waals surface area contributed by atoms with Crippen molar-refractivity contribution in [3.05, 3.63) is 0 Å². The Morgan fingerprint density at radius 3 is 1.74 bits per heavy atom. The lowest BCUT2D eigenvalue weighted by Crippen LogP contribution is -2.67. The van der Waals surface area contributed by atoms with Crippen molar-refractivity contribution in [1.29, 1.82) is 0 Å². The molecule has 16 nitrogen and oxygen atoms in total. The second-order valence-electron chi connectivity index (χ2n) is 8.31. The van der Waals surface area contributed by atoms with Crippen LogP contribution in [0, 0.1) is 0 Å². The third-order valence-corrected chi connectivity index (χ3v) is 6.01. The highest BCUT2D eigenvalue weighted by atomic mass is 16.7. The molecule has 0 radical (unpaired) electrons. The van der Waals surface area contributed by atoms with Gasteiger partial charge in [-0.05, 0) is 0 Å². The lowest BCUT2D eigenvalue weighted by molar-refractivity contribution is -0.347. The van der Waals surface area contributed by atoms with Crippen LogP contribution in [0.15, 0.2) is 0 Å². The minimum atomic E-state index is -2.26. The van der Waals surface area contributed by atoms with Crippen molar-refractivity contribution in [2.24, 2.45) is 0 Å². The molecule has 16 heteroatoms. The minimum absolute atomic E-state index is 0.772. The molecule has 0 aromatic rings. The first-order valence-electron chi connectivity index (χ1n) is 10.5. The molecule has 2 unspecified atom stereocenters. The molecule has 0 aromatic carbocycles. The van der Waals surface area contributed by atoms with Gasteiger partial charge in [-0.15, -0.1) is 0 Å². The fourth-order valence-corrected chi connectivity index (χ4v) is 3.83. The lowest BCUT2D eigenvalue weighted by atomic mass is 9.88. The van der Waals surface area contributed by atoms with E-state index in [9.17, 15) is 61.3 Å². The van der Waals surface area contributed by atoms with Gasteiger partial charge < -0.3 is 80.6 Å². The van der Waals surface area contributed by atoms with Crippen LogP contribution in [0.5, 0.6) is 0 Å². The Labute approximate surface area is 193 Å². The predicted octanol–water partition coefficient (Wildman–Crippen LogP) is -8.55. The van der Waals surface area contributed by atoms with Crippen molar-refractivity contribution in [1.82, 2.24) is 0 Å². The van der Waals surface area contributed by atoms with Gasteiger partial charge in [0.05, 0.1) is 19.8 Å². The largest absolute Gasteiger partial charge is 0.394 e. The molecule has 2 saturated heterocycles. The van der Waals surface area contributed by atoms with E-state index in [0.717, 1.165) is 0 Å². The first-order chi connectivity index (χ1) is 15.9. The van der Waals surface area contributed by atoms with Gasteiger partial charge in [0, 0.05) is 0 Å². The van der Waals surface area contributed by atoms with Crippen LogP contribution in [0.4, 0.5) is 0 Å². The predicted molar refractivity (Wildman–Crippen MR) is 104 cm³/mol. The summed E-state index contributed by atoms with van der Waals surface area (Å²) in [6, 6.07) is 0. The van der Waals surface area contributed by atoms with Gasteiger partial charge in [-0.2, -0.15) is 0 Å². The Bertz CT molecular complexity index is 609. The van der Waals surface area contributed by atoms with Crippen LogP contribution in [-0.4, -0.2) is 178 Å². The van der Waals surface area contributed by atoms with Gasteiger partial charge >= 0.3 is 0 Å². The van der Waals surface area contributed by atoms with E-state index in [4.69, 9.17) is 19.3 Å². The molecular formula is C18H34O16. The van der Waals surface area contributed by atoms with E-state index >= 15 is 0 Å². The fourth-order valence-electron chi connectivity index (χ4n) is 3.83. The zero-order valence-electron chi connectivity index (χ0n) is 17.8. The van der Waals surface area contributed by atoms with E-state index in [0.29, 0.717) is 0 Å². The van der Waals surface area contributed by atoms with Gasteiger partial charge in [-0.25, -0.2) is 0 Å². The van der Waals surface area contributed by atoms with Crippen molar-refractivity contribution in [2.75, 3.05) is 19.8 Å². The Balaban J connectivity index is 2.14. The molecule has 0 amide bonds. The molecule has 13 N–H and O–H groups in total. The molecule has 0 saturated carbocycles. The summed E-state index contributed by atoms with van der Waals surface area (Å²) in [6.45, 7) is -2.66. The van der Waals surface area contributed by atoms with Crippen LogP contribution in [-0.2, 0) is 14.2 Å². The van der Waals surface area contributed by atoms with Gasteiger partial charge in [0.15, 0.2) is 6.29 Å². The average molecular weight is 506 g/mol. The number of rotatable bonds is 10. The molecule has 0 aromatic heterocycles. The average Bonchev–Trinajstić information content (AvgIpc) is 2.84. The lowest BCUT2D eigenvalue weighted by Gasteiger charge is -2.47. The normalized spacial score (nSPS) is 43.7. The van der Waals surface area contributed by atoms with Crippen LogP contribution in [0.1, 0.15) is 0 Å². The molecule has 2 fully saturated rings. The molecule has 0 spiro atoms. The van der Waals surface area contributed by atoms with Gasteiger partial charge in [0.25, 0.3) is 0 Å². The molecular weight excluding hydrogens is 472 g/mol. The van der Waals surface area contributed by atoms with Crippen LogP contribution < -0.4 is 0 Å². The second-order valence-corrected chi connectivity index (χ2v) is 8.31. The van der Waals surface area contributed by atoms with E-state index in [1.165, 1.54) is 0 Å². The van der Waals surface area contributed by atoms with Gasteiger partial charge in [-0.3, -0.25) is 0 Å². The van der Waals surface area contributed by atoms with Gasteiger partial charge in [0.2, 0.25) is 0 Å². The summed E-state index contributed by atoms with van der Waals surface area (Å²) in [6.07, 6.45) is -28.2. The molecule has 15 atom stereocenters. The van der Waals surface area contributed by atoms with E-state index in [1.54, 1.807) is 0 Å². The standard InChI is InChI=1S/C18H34O16/c19-1-4(22)7(23)9(25)11(27)12(28)17-14(30)13(29)16(6(3-21)32-17)34-18-15(31)10(26)8(24)5(2-20)33-18/h4-31H,1-3H2/t4-,5-,6-,7-,8+,9+,10+,11-,12?,13-,14-,15-,16-,17?,18+/m1/s1. The highest BCUT2D eigenvalue weighted by molar-refractivity contribution is 5.00. The van der Waals surface area contributed by atoms with Gasteiger partial charge in [-0.1, -0.05) is 0 Å². The first kappa shape index (κ1) is 29.6. The second kappa shape index (κ2) is 12.5.